The molecule has 1 amide bonds. The third kappa shape index (κ3) is 4.79. The third-order valence-corrected chi connectivity index (χ3v) is 6.41. The lowest BCUT2D eigenvalue weighted by atomic mass is 10.2. The van der Waals surface area contributed by atoms with Gasteiger partial charge in [-0.2, -0.15) is 0 Å². The second-order valence-electron chi connectivity index (χ2n) is 7.07. The van der Waals surface area contributed by atoms with Gasteiger partial charge in [-0.15, -0.1) is 12.4 Å². The van der Waals surface area contributed by atoms with Crippen molar-refractivity contribution in [3.8, 4) is 5.75 Å². The van der Waals surface area contributed by atoms with Crippen LogP contribution in [0.15, 0.2) is 22.6 Å². The van der Waals surface area contributed by atoms with Crippen LogP contribution in [0.3, 0.4) is 0 Å². The van der Waals surface area contributed by atoms with E-state index in [0.717, 1.165) is 46.9 Å². The summed E-state index contributed by atoms with van der Waals surface area (Å²) < 4.78 is 12.1. The van der Waals surface area contributed by atoms with E-state index in [0.29, 0.717) is 23.0 Å². The first-order chi connectivity index (χ1) is 13.9. The molecule has 0 radical (unpaired) electrons. The zero-order chi connectivity index (χ0) is 21.1. The number of rotatable bonds is 8. The van der Waals surface area contributed by atoms with E-state index in [1.807, 2.05) is 26.0 Å². The first kappa shape index (κ1) is 24.2. The van der Waals surface area contributed by atoms with E-state index in [9.17, 15) is 4.79 Å². The third-order valence-electron chi connectivity index (χ3n) is 5.19. The van der Waals surface area contributed by atoms with E-state index in [-0.39, 0.29) is 18.3 Å². The number of benzene rings is 1. The molecule has 0 unspecified atom stereocenters. The number of carbonyl (C=O) groups excluding carboxylic acids is 1. The monoisotopic (exact) mass is 451 g/mol. The average Bonchev–Trinajstić information content (AvgIpc) is 3.29. The molecule has 8 heteroatoms. The Kier molecular flexibility index (Phi) is 8.29. The predicted octanol–water partition coefficient (Wildman–Crippen LogP) is 5.23. The Morgan fingerprint density at radius 2 is 1.87 bits per heavy atom. The number of hydrogen-bond acceptors (Lipinski definition) is 6. The Morgan fingerprint density at radius 1 is 1.17 bits per heavy atom. The van der Waals surface area contributed by atoms with Gasteiger partial charge in [0.15, 0.2) is 5.13 Å². The van der Waals surface area contributed by atoms with Crippen molar-refractivity contribution in [1.29, 1.82) is 0 Å². The van der Waals surface area contributed by atoms with E-state index in [1.54, 1.807) is 18.1 Å². The van der Waals surface area contributed by atoms with Gasteiger partial charge < -0.3 is 14.1 Å². The summed E-state index contributed by atoms with van der Waals surface area (Å²) in [5, 5.41) is 0.683. The van der Waals surface area contributed by atoms with E-state index in [1.165, 1.54) is 11.3 Å². The Morgan fingerprint density at radius 3 is 2.43 bits per heavy atom. The van der Waals surface area contributed by atoms with Crippen molar-refractivity contribution in [3.63, 3.8) is 0 Å². The molecular weight excluding hydrogens is 422 g/mol. The first-order valence-electron chi connectivity index (χ1n) is 9.94. The molecule has 1 aromatic carbocycles. The van der Waals surface area contributed by atoms with E-state index >= 15 is 0 Å². The molecule has 2 aromatic heterocycles. The van der Waals surface area contributed by atoms with Crippen molar-refractivity contribution in [2.24, 2.45) is 0 Å². The standard InChI is InChI=1S/C22H29N3O3S.ClH/c1-7-24(8-2)11-12-25(21(26)17-13-15(4)28-16(17)5)22-23-19-18(27-6)10-9-14(3)20(19)29-22;/h9-10,13H,7-8,11-12H2,1-6H3;1H. The molecule has 164 valence electrons. The van der Waals surface area contributed by atoms with Gasteiger partial charge in [0.05, 0.1) is 17.4 Å². The lowest BCUT2D eigenvalue weighted by molar-refractivity contribution is 0.0982. The highest BCUT2D eigenvalue weighted by Gasteiger charge is 2.26. The van der Waals surface area contributed by atoms with Crippen molar-refractivity contribution in [2.45, 2.75) is 34.6 Å². The second-order valence-corrected chi connectivity index (χ2v) is 8.05. The number of methoxy groups -OCH3 is 1. The number of thiazole rings is 1. The zero-order valence-corrected chi connectivity index (χ0v) is 20.1. The van der Waals surface area contributed by atoms with Crippen molar-refractivity contribution in [1.82, 2.24) is 9.88 Å². The minimum Gasteiger partial charge on any atom is -0.494 e. The number of nitrogens with zero attached hydrogens (tertiary/aromatic N) is 3. The summed E-state index contributed by atoms with van der Waals surface area (Å²) in [6.07, 6.45) is 0. The molecular formula is C22H30ClN3O3S. The summed E-state index contributed by atoms with van der Waals surface area (Å²) in [4.78, 5) is 22.3. The molecule has 0 bridgehead atoms. The van der Waals surface area contributed by atoms with Crippen LogP contribution >= 0.6 is 23.7 Å². The molecule has 0 N–H and O–H groups in total. The lowest BCUT2D eigenvalue weighted by Crippen LogP contribution is -2.39. The second kappa shape index (κ2) is 10.3. The molecule has 30 heavy (non-hydrogen) atoms. The van der Waals surface area contributed by atoms with E-state index < -0.39 is 0 Å². The summed E-state index contributed by atoms with van der Waals surface area (Å²) in [5.41, 5.74) is 2.51. The number of hydrogen-bond donors (Lipinski definition) is 0. The van der Waals surface area contributed by atoms with Crippen LogP contribution in [-0.2, 0) is 0 Å². The minimum atomic E-state index is -0.0813. The number of amides is 1. The molecule has 0 spiro atoms. The zero-order valence-electron chi connectivity index (χ0n) is 18.4. The summed E-state index contributed by atoms with van der Waals surface area (Å²) in [5.74, 6) is 2.01. The summed E-state index contributed by atoms with van der Waals surface area (Å²) in [6.45, 7) is 13.2. The van der Waals surface area contributed by atoms with Gasteiger partial charge in [-0.3, -0.25) is 9.69 Å². The SMILES string of the molecule is CCN(CC)CCN(C(=O)c1cc(C)oc1C)c1nc2c(OC)ccc(C)c2s1.Cl. The van der Waals surface area contributed by atoms with Crippen LogP contribution in [0.1, 0.15) is 41.3 Å². The maximum absolute atomic E-state index is 13.5. The van der Waals surface area contributed by atoms with Gasteiger partial charge in [-0.05, 0) is 51.6 Å². The largest absolute Gasteiger partial charge is 0.494 e. The minimum absolute atomic E-state index is 0. The van der Waals surface area contributed by atoms with Crippen LogP contribution in [0.25, 0.3) is 10.2 Å². The normalized spacial score (nSPS) is 11.0. The summed E-state index contributed by atoms with van der Waals surface area (Å²) in [7, 11) is 1.64. The molecule has 0 fully saturated rings. The summed E-state index contributed by atoms with van der Waals surface area (Å²) >= 11 is 1.53. The van der Waals surface area contributed by atoms with Gasteiger partial charge in [-0.1, -0.05) is 31.3 Å². The highest BCUT2D eigenvalue weighted by molar-refractivity contribution is 7.22. The molecule has 6 nitrogen and oxygen atoms in total. The molecule has 2 heterocycles. The highest BCUT2D eigenvalue weighted by atomic mass is 35.5. The van der Waals surface area contributed by atoms with Gasteiger partial charge in [0.1, 0.15) is 22.8 Å². The highest BCUT2D eigenvalue weighted by Crippen LogP contribution is 2.37. The Bertz CT molecular complexity index is 1010. The average molecular weight is 452 g/mol. The number of anilines is 1. The predicted molar refractivity (Wildman–Crippen MR) is 126 cm³/mol. The van der Waals surface area contributed by atoms with Crippen molar-refractivity contribution >= 4 is 45.0 Å². The Hall–Kier alpha value is -2.09. The van der Waals surface area contributed by atoms with Gasteiger partial charge in [0.25, 0.3) is 5.91 Å². The van der Waals surface area contributed by atoms with E-state index in [4.69, 9.17) is 14.1 Å². The number of carbonyl (C=O) groups is 1. The molecule has 0 aliphatic heterocycles. The van der Waals surface area contributed by atoms with Crippen molar-refractivity contribution in [2.75, 3.05) is 38.2 Å². The number of aryl methyl sites for hydroxylation is 3. The fraction of sp³-hybridized carbons (Fsp3) is 0.455. The molecule has 3 rings (SSSR count). The molecule has 0 atom stereocenters. The van der Waals surface area contributed by atoms with Crippen LogP contribution < -0.4 is 9.64 Å². The van der Waals surface area contributed by atoms with Crippen molar-refractivity contribution in [3.05, 3.63) is 40.8 Å². The lowest BCUT2D eigenvalue weighted by Gasteiger charge is -2.24. The van der Waals surface area contributed by atoms with Crippen LogP contribution in [0.5, 0.6) is 5.75 Å². The fourth-order valence-corrected chi connectivity index (χ4v) is 4.51. The topological polar surface area (TPSA) is 58.8 Å². The Balaban J connectivity index is 0.00000320. The van der Waals surface area contributed by atoms with Crippen LogP contribution in [0, 0.1) is 20.8 Å². The van der Waals surface area contributed by atoms with Crippen LogP contribution in [-0.4, -0.2) is 49.1 Å². The quantitative estimate of drug-likeness (QED) is 0.469. The van der Waals surface area contributed by atoms with E-state index in [2.05, 4.69) is 25.7 Å². The van der Waals surface area contributed by atoms with Gasteiger partial charge in [0, 0.05) is 13.1 Å². The van der Waals surface area contributed by atoms with Gasteiger partial charge in [0.2, 0.25) is 0 Å². The van der Waals surface area contributed by atoms with Crippen LogP contribution in [0.2, 0.25) is 0 Å². The fourth-order valence-electron chi connectivity index (χ4n) is 3.43. The van der Waals surface area contributed by atoms with Crippen LogP contribution in [0.4, 0.5) is 5.13 Å². The number of aromatic nitrogens is 1. The smallest absolute Gasteiger partial charge is 0.263 e. The molecule has 0 saturated carbocycles. The molecule has 3 aromatic rings. The number of ether oxygens (including phenoxy) is 1. The van der Waals surface area contributed by atoms with Gasteiger partial charge >= 0.3 is 0 Å². The number of likely N-dealkylation sites (N-methyl/N-ethyl adjacent to an activating group) is 1. The van der Waals surface area contributed by atoms with Crippen molar-refractivity contribution < 1.29 is 13.9 Å². The summed E-state index contributed by atoms with van der Waals surface area (Å²) in [6, 6.07) is 5.75. The molecule has 0 saturated heterocycles. The maximum Gasteiger partial charge on any atom is 0.263 e. The maximum atomic E-state index is 13.5. The van der Waals surface area contributed by atoms with Gasteiger partial charge in [-0.25, -0.2) is 4.98 Å². The number of halogens is 1. The number of furan rings is 1. The molecule has 0 aliphatic rings. The molecule has 0 aliphatic carbocycles. The number of fused-ring (bicyclic) bond motifs is 1. The Labute approximate surface area is 188 Å². The first-order valence-corrected chi connectivity index (χ1v) is 10.8.